The van der Waals surface area contributed by atoms with Crippen LogP contribution in [0.5, 0.6) is 0 Å². The second kappa shape index (κ2) is 10.3. The van der Waals surface area contributed by atoms with Crippen molar-refractivity contribution in [1.29, 1.82) is 0 Å². The van der Waals surface area contributed by atoms with Crippen LogP contribution in [0.1, 0.15) is 36.5 Å². The Hall–Kier alpha value is -2.53. The molecule has 1 aliphatic rings. The van der Waals surface area contributed by atoms with E-state index in [1.165, 1.54) is 16.7 Å². The van der Waals surface area contributed by atoms with Crippen molar-refractivity contribution in [2.45, 2.75) is 39.4 Å². The number of aliphatic imine (C=N–C) groups is 1. The number of halogens is 1. The summed E-state index contributed by atoms with van der Waals surface area (Å²) in [5.41, 5.74) is 3.69. The summed E-state index contributed by atoms with van der Waals surface area (Å²) in [6, 6.07) is 16.1. The highest BCUT2D eigenvalue weighted by Crippen LogP contribution is 2.22. The number of fused-ring (bicyclic) bond motifs is 1. The van der Waals surface area contributed by atoms with Gasteiger partial charge in [-0.25, -0.2) is 0 Å². The van der Waals surface area contributed by atoms with Crippen LogP contribution in [-0.4, -0.2) is 41.8 Å². The molecule has 5 nitrogen and oxygen atoms in total. The van der Waals surface area contributed by atoms with Gasteiger partial charge in [0, 0.05) is 51.2 Å². The number of guanidine groups is 1. The average molecular weight is 413 g/mol. The number of nitrogens with one attached hydrogen (secondary N) is 1. The molecule has 1 heterocycles. The maximum absolute atomic E-state index is 12.5. The zero-order chi connectivity index (χ0) is 20.6. The van der Waals surface area contributed by atoms with Crippen molar-refractivity contribution >= 4 is 23.5 Å². The van der Waals surface area contributed by atoms with E-state index in [1.807, 2.05) is 48.3 Å². The van der Waals surface area contributed by atoms with Crippen LogP contribution in [0.4, 0.5) is 0 Å². The topological polar surface area (TPSA) is 47.9 Å². The van der Waals surface area contributed by atoms with E-state index in [0.29, 0.717) is 13.0 Å². The number of hydrogen-bond acceptors (Lipinski definition) is 2. The molecule has 0 unspecified atom stereocenters. The van der Waals surface area contributed by atoms with Crippen LogP contribution >= 0.6 is 11.6 Å². The van der Waals surface area contributed by atoms with Crippen LogP contribution in [0.15, 0.2) is 53.5 Å². The highest BCUT2D eigenvalue weighted by atomic mass is 35.5. The molecule has 0 aliphatic carbocycles. The first-order valence-electron chi connectivity index (χ1n) is 10.1. The van der Waals surface area contributed by atoms with Crippen LogP contribution in [0.3, 0.4) is 0 Å². The van der Waals surface area contributed by atoms with Crippen molar-refractivity contribution in [3.05, 3.63) is 70.2 Å². The predicted molar refractivity (Wildman–Crippen MR) is 119 cm³/mol. The summed E-state index contributed by atoms with van der Waals surface area (Å²) in [6.07, 6.45) is 1.27. The fourth-order valence-electron chi connectivity index (χ4n) is 3.49. The van der Waals surface area contributed by atoms with E-state index in [4.69, 9.17) is 16.6 Å². The minimum atomic E-state index is 0.205. The Bertz CT molecular complexity index is 825. The first-order chi connectivity index (χ1) is 14.1. The van der Waals surface area contributed by atoms with Crippen molar-refractivity contribution in [3.8, 4) is 0 Å². The van der Waals surface area contributed by atoms with Gasteiger partial charge in [-0.2, -0.15) is 0 Å². The number of carbonyl (C=O) groups is 1. The molecule has 0 saturated heterocycles. The van der Waals surface area contributed by atoms with E-state index < -0.39 is 0 Å². The number of benzene rings is 2. The Morgan fingerprint density at radius 1 is 1.14 bits per heavy atom. The van der Waals surface area contributed by atoms with E-state index in [1.54, 1.807) is 0 Å². The van der Waals surface area contributed by atoms with E-state index in [9.17, 15) is 4.79 Å². The van der Waals surface area contributed by atoms with Gasteiger partial charge in [0.25, 0.3) is 0 Å². The summed E-state index contributed by atoms with van der Waals surface area (Å²) >= 11 is 5.96. The summed E-state index contributed by atoms with van der Waals surface area (Å²) in [4.78, 5) is 21.3. The van der Waals surface area contributed by atoms with Crippen molar-refractivity contribution < 1.29 is 4.79 Å². The molecule has 2 aromatic carbocycles. The van der Waals surface area contributed by atoms with Crippen molar-refractivity contribution in [2.75, 3.05) is 20.1 Å². The Labute approximate surface area is 178 Å². The largest absolute Gasteiger partial charge is 0.357 e. The molecule has 0 aromatic heterocycles. The van der Waals surface area contributed by atoms with Gasteiger partial charge < -0.3 is 15.1 Å². The molecule has 29 heavy (non-hydrogen) atoms. The van der Waals surface area contributed by atoms with Crippen LogP contribution in [0, 0.1) is 0 Å². The molecule has 0 spiro atoms. The van der Waals surface area contributed by atoms with Crippen LogP contribution < -0.4 is 5.32 Å². The first kappa shape index (κ1) is 21.2. The lowest BCUT2D eigenvalue weighted by molar-refractivity contribution is -0.131. The highest BCUT2D eigenvalue weighted by molar-refractivity contribution is 6.30. The number of nitrogens with zero attached hydrogens (tertiary/aromatic N) is 3. The molecular formula is C23H29ClN4O. The van der Waals surface area contributed by atoms with E-state index in [-0.39, 0.29) is 5.91 Å². The third-order valence-corrected chi connectivity index (χ3v) is 5.29. The number of hydrogen-bond donors (Lipinski definition) is 1. The SMILES string of the molecule is CCNC(=NCCCC(=O)N1Cc2ccccc2C1)N(C)Cc1ccc(Cl)cc1. The average Bonchev–Trinajstić information content (AvgIpc) is 3.16. The smallest absolute Gasteiger partial charge is 0.223 e. The van der Waals surface area contributed by atoms with Gasteiger partial charge >= 0.3 is 0 Å². The summed E-state index contributed by atoms with van der Waals surface area (Å²) in [6.45, 7) is 5.68. The second-order valence-corrected chi connectivity index (χ2v) is 7.78. The van der Waals surface area contributed by atoms with Crippen LogP contribution in [0.2, 0.25) is 5.02 Å². The van der Waals surface area contributed by atoms with Crippen molar-refractivity contribution in [1.82, 2.24) is 15.1 Å². The lowest BCUT2D eigenvalue weighted by Gasteiger charge is -2.22. The minimum absolute atomic E-state index is 0.205. The molecule has 1 N–H and O–H groups in total. The van der Waals surface area contributed by atoms with E-state index in [0.717, 1.165) is 43.6 Å². The molecule has 0 fully saturated rings. The maximum atomic E-state index is 12.5. The Morgan fingerprint density at radius 2 is 1.79 bits per heavy atom. The van der Waals surface area contributed by atoms with Crippen molar-refractivity contribution in [3.63, 3.8) is 0 Å². The van der Waals surface area contributed by atoms with Crippen LogP contribution in [-0.2, 0) is 24.4 Å². The molecule has 0 bridgehead atoms. The van der Waals surface area contributed by atoms with Gasteiger partial charge in [0.2, 0.25) is 5.91 Å². The first-order valence-corrected chi connectivity index (χ1v) is 10.5. The van der Waals surface area contributed by atoms with E-state index in [2.05, 4.69) is 29.3 Å². The maximum Gasteiger partial charge on any atom is 0.223 e. The zero-order valence-corrected chi connectivity index (χ0v) is 18.0. The van der Waals surface area contributed by atoms with Gasteiger partial charge in [0.05, 0.1) is 0 Å². The Balaban J connectivity index is 1.47. The molecule has 3 rings (SSSR count). The predicted octanol–water partition coefficient (Wildman–Crippen LogP) is 4.06. The van der Waals surface area contributed by atoms with Gasteiger partial charge in [0.15, 0.2) is 5.96 Å². The molecule has 1 amide bonds. The molecule has 1 aliphatic heterocycles. The number of amides is 1. The molecule has 2 aromatic rings. The van der Waals surface area contributed by atoms with Gasteiger partial charge in [-0.3, -0.25) is 9.79 Å². The van der Waals surface area contributed by atoms with E-state index >= 15 is 0 Å². The van der Waals surface area contributed by atoms with Gasteiger partial charge in [0.1, 0.15) is 0 Å². The lowest BCUT2D eigenvalue weighted by atomic mass is 10.1. The number of carbonyl (C=O) groups excluding carboxylic acids is 1. The quantitative estimate of drug-likeness (QED) is 0.424. The fraction of sp³-hybridized carbons (Fsp3) is 0.391. The normalized spacial score (nSPS) is 13.3. The van der Waals surface area contributed by atoms with Crippen LogP contribution in [0.25, 0.3) is 0 Å². The van der Waals surface area contributed by atoms with Gasteiger partial charge in [-0.1, -0.05) is 48.0 Å². The molecule has 0 radical (unpaired) electrons. The molecule has 6 heteroatoms. The van der Waals surface area contributed by atoms with Gasteiger partial charge in [-0.15, -0.1) is 0 Å². The number of rotatable bonds is 7. The third kappa shape index (κ3) is 5.97. The summed E-state index contributed by atoms with van der Waals surface area (Å²) in [7, 11) is 2.02. The zero-order valence-electron chi connectivity index (χ0n) is 17.2. The highest BCUT2D eigenvalue weighted by Gasteiger charge is 2.22. The Kier molecular flexibility index (Phi) is 7.53. The fourth-order valence-corrected chi connectivity index (χ4v) is 3.62. The summed E-state index contributed by atoms with van der Waals surface area (Å²) in [5.74, 6) is 1.05. The Morgan fingerprint density at radius 3 is 2.41 bits per heavy atom. The standard InChI is InChI=1S/C23H29ClN4O/c1-3-25-23(27(2)15-18-10-12-21(24)13-11-18)26-14-6-9-22(29)28-16-19-7-4-5-8-20(19)17-28/h4-5,7-8,10-13H,3,6,9,14-17H2,1-2H3,(H,25,26). The summed E-state index contributed by atoms with van der Waals surface area (Å²) in [5, 5.41) is 4.06. The minimum Gasteiger partial charge on any atom is -0.357 e. The summed E-state index contributed by atoms with van der Waals surface area (Å²) < 4.78 is 0. The van der Waals surface area contributed by atoms with Crippen molar-refractivity contribution in [2.24, 2.45) is 4.99 Å². The third-order valence-electron chi connectivity index (χ3n) is 5.03. The molecule has 0 atom stereocenters. The molecule has 154 valence electrons. The lowest BCUT2D eigenvalue weighted by Crippen LogP contribution is -2.38. The molecular weight excluding hydrogens is 384 g/mol. The second-order valence-electron chi connectivity index (χ2n) is 7.34. The monoisotopic (exact) mass is 412 g/mol. The molecule has 0 saturated carbocycles. The van der Waals surface area contributed by atoms with Gasteiger partial charge in [-0.05, 0) is 42.2 Å².